The summed E-state index contributed by atoms with van der Waals surface area (Å²) in [6.45, 7) is 3.30. The largest absolute Gasteiger partial charge is 0.465 e. The SMILES string of the molecule is CCOC(=O)C1(C(C)=O)Cc2ccccc2C(C(=O)Nc2ccccc2)C1. The van der Waals surface area contributed by atoms with E-state index in [1.807, 2.05) is 42.5 Å². The topological polar surface area (TPSA) is 72.5 Å². The van der Waals surface area contributed by atoms with Gasteiger partial charge in [-0.25, -0.2) is 0 Å². The Bertz CT molecular complexity index is 862. The summed E-state index contributed by atoms with van der Waals surface area (Å²) in [5, 5.41) is 2.90. The summed E-state index contributed by atoms with van der Waals surface area (Å²) in [6, 6.07) is 16.6. The van der Waals surface area contributed by atoms with Gasteiger partial charge in [0, 0.05) is 5.69 Å². The third kappa shape index (κ3) is 3.63. The van der Waals surface area contributed by atoms with Gasteiger partial charge in [0.25, 0.3) is 0 Å². The van der Waals surface area contributed by atoms with E-state index in [2.05, 4.69) is 5.32 Å². The van der Waals surface area contributed by atoms with Crippen LogP contribution in [0, 0.1) is 5.41 Å². The van der Waals surface area contributed by atoms with Gasteiger partial charge in [0.15, 0.2) is 0 Å². The van der Waals surface area contributed by atoms with Crippen molar-refractivity contribution >= 4 is 23.3 Å². The summed E-state index contributed by atoms with van der Waals surface area (Å²) in [7, 11) is 0. The molecule has 2 aromatic carbocycles. The number of amides is 1. The minimum atomic E-state index is -1.33. The third-order valence-corrected chi connectivity index (χ3v) is 5.17. The van der Waals surface area contributed by atoms with Crippen molar-refractivity contribution in [1.29, 1.82) is 0 Å². The Hall–Kier alpha value is -2.95. The third-order valence-electron chi connectivity index (χ3n) is 5.17. The Morgan fingerprint density at radius 2 is 1.74 bits per heavy atom. The van der Waals surface area contributed by atoms with E-state index in [0.717, 1.165) is 11.1 Å². The molecule has 0 aliphatic heterocycles. The van der Waals surface area contributed by atoms with Crippen LogP contribution in [0.5, 0.6) is 0 Å². The van der Waals surface area contributed by atoms with E-state index in [1.165, 1.54) is 6.92 Å². The Morgan fingerprint density at radius 3 is 2.41 bits per heavy atom. The molecule has 1 aliphatic carbocycles. The number of hydrogen-bond donors (Lipinski definition) is 1. The first kappa shape index (κ1) is 18.8. The van der Waals surface area contributed by atoms with Crippen molar-refractivity contribution in [3.05, 3.63) is 65.7 Å². The van der Waals surface area contributed by atoms with Crippen molar-refractivity contribution in [3.8, 4) is 0 Å². The van der Waals surface area contributed by atoms with Gasteiger partial charge in [-0.2, -0.15) is 0 Å². The summed E-state index contributed by atoms with van der Waals surface area (Å²) < 4.78 is 5.22. The maximum atomic E-state index is 13.0. The van der Waals surface area contributed by atoms with Gasteiger partial charge in [0.1, 0.15) is 11.2 Å². The van der Waals surface area contributed by atoms with Crippen molar-refractivity contribution < 1.29 is 19.1 Å². The van der Waals surface area contributed by atoms with Crippen LogP contribution in [0.4, 0.5) is 5.69 Å². The molecule has 0 heterocycles. The smallest absolute Gasteiger partial charge is 0.319 e. The highest BCUT2D eigenvalue weighted by molar-refractivity contribution is 6.05. The number of benzene rings is 2. The fraction of sp³-hybridized carbons (Fsp3) is 0.318. The molecule has 1 aliphatic rings. The quantitative estimate of drug-likeness (QED) is 0.650. The number of esters is 1. The van der Waals surface area contributed by atoms with E-state index in [-0.39, 0.29) is 31.1 Å². The van der Waals surface area contributed by atoms with Gasteiger partial charge < -0.3 is 10.1 Å². The zero-order chi connectivity index (χ0) is 19.4. The maximum absolute atomic E-state index is 13.0. The average molecular weight is 365 g/mol. The number of carbonyl (C=O) groups excluding carboxylic acids is 3. The van der Waals surface area contributed by atoms with Crippen LogP contribution in [0.25, 0.3) is 0 Å². The van der Waals surface area contributed by atoms with Crippen molar-refractivity contribution in [2.24, 2.45) is 5.41 Å². The molecule has 2 aromatic rings. The van der Waals surface area contributed by atoms with Crippen LogP contribution in [0.2, 0.25) is 0 Å². The molecule has 1 amide bonds. The zero-order valence-electron chi connectivity index (χ0n) is 15.5. The standard InChI is InChI=1S/C22H23NO4/c1-3-27-21(26)22(15(2)24)13-16-9-7-8-12-18(16)19(14-22)20(25)23-17-10-5-4-6-11-17/h4-12,19H,3,13-14H2,1-2H3,(H,23,25). The van der Waals surface area contributed by atoms with Gasteiger partial charge >= 0.3 is 5.97 Å². The molecule has 0 fully saturated rings. The summed E-state index contributed by atoms with van der Waals surface area (Å²) in [6.07, 6.45) is 0.364. The molecule has 2 unspecified atom stereocenters. The average Bonchev–Trinajstić information content (AvgIpc) is 2.67. The number of ether oxygens (including phenoxy) is 1. The Balaban J connectivity index is 2.00. The second kappa shape index (κ2) is 7.74. The molecule has 5 nitrogen and oxygen atoms in total. The van der Waals surface area contributed by atoms with Crippen LogP contribution in [0.3, 0.4) is 0 Å². The summed E-state index contributed by atoms with van der Waals surface area (Å²) in [5.41, 5.74) is 1.03. The fourth-order valence-electron chi connectivity index (χ4n) is 3.71. The highest BCUT2D eigenvalue weighted by atomic mass is 16.5. The number of fused-ring (bicyclic) bond motifs is 1. The molecule has 3 rings (SSSR count). The normalized spacial score (nSPS) is 21.0. The van der Waals surface area contributed by atoms with Crippen LogP contribution in [-0.4, -0.2) is 24.3 Å². The molecule has 0 saturated carbocycles. The Kier molecular flexibility index (Phi) is 5.40. The van der Waals surface area contributed by atoms with Crippen molar-refractivity contribution in [3.63, 3.8) is 0 Å². The molecule has 0 aromatic heterocycles. The number of anilines is 1. The molecule has 2 atom stereocenters. The molecular formula is C22H23NO4. The highest BCUT2D eigenvalue weighted by Gasteiger charge is 2.51. The van der Waals surface area contributed by atoms with Gasteiger partial charge in [-0.1, -0.05) is 42.5 Å². The number of rotatable bonds is 5. The maximum Gasteiger partial charge on any atom is 0.319 e. The summed E-state index contributed by atoms with van der Waals surface area (Å²) >= 11 is 0. The van der Waals surface area contributed by atoms with E-state index in [0.29, 0.717) is 5.69 Å². The second-order valence-corrected chi connectivity index (χ2v) is 6.85. The van der Waals surface area contributed by atoms with E-state index in [9.17, 15) is 14.4 Å². The van der Waals surface area contributed by atoms with Crippen LogP contribution >= 0.6 is 0 Å². The first-order valence-electron chi connectivity index (χ1n) is 9.10. The lowest BCUT2D eigenvalue weighted by Gasteiger charge is -2.37. The van der Waals surface area contributed by atoms with Gasteiger partial charge in [0.05, 0.1) is 12.5 Å². The number of hydrogen-bond acceptors (Lipinski definition) is 4. The van der Waals surface area contributed by atoms with Gasteiger partial charge in [-0.15, -0.1) is 0 Å². The van der Waals surface area contributed by atoms with Crippen LogP contribution in [-0.2, 0) is 25.5 Å². The van der Waals surface area contributed by atoms with Gasteiger partial charge in [-0.05, 0) is 49.9 Å². The first-order valence-corrected chi connectivity index (χ1v) is 9.10. The summed E-state index contributed by atoms with van der Waals surface area (Å²) in [4.78, 5) is 38.3. The molecule has 27 heavy (non-hydrogen) atoms. The van der Waals surface area contributed by atoms with E-state index in [1.54, 1.807) is 19.1 Å². The predicted octanol–water partition coefficient (Wildman–Crippen LogP) is 3.49. The van der Waals surface area contributed by atoms with Crippen molar-refractivity contribution in [2.75, 3.05) is 11.9 Å². The summed E-state index contributed by atoms with van der Waals surface area (Å²) in [5.74, 6) is -1.66. The molecule has 0 bridgehead atoms. The Labute approximate surface area is 158 Å². The van der Waals surface area contributed by atoms with Gasteiger partial charge in [-0.3, -0.25) is 14.4 Å². The molecule has 5 heteroatoms. The number of carbonyl (C=O) groups is 3. The lowest BCUT2D eigenvalue weighted by Crippen LogP contribution is -2.47. The number of ketones is 1. The number of Topliss-reactive ketones (excluding diaryl/α,β-unsaturated/α-hetero) is 1. The lowest BCUT2D eigenvalue weighted by atomic mass is 9.65. The molecule has 0 spiro atoms. The predicted molar refractivity (Wildman–Crippen MR) is 102 cm³/mol. The second-order valence-electron chi connectivity index (χ2n) is 6.85. The zero-order valence-corrected chi connectivity index (χ0v) is 15.5. The van der Waals surface area contributed by atoms with Crippen LogP contribution in [0.1, 0.15) is 37.3 Å². The van der Waals surface area contributed by atoms with Crippen molar-refractivity contribution in [1.82, 2.24) is 0 Å². The fourth-order valence-corrected chi connectivity index (χ4v) is 3.71. The molecule has 140 valence electrons. The first-order chi connectivity index (χ1) is 13.0. The highest BCUT2D eigenvalue weighted by Crippen LogP contribution is 2.44. The minimum absolute atomic E-state index is 0.108. The van der Waals surface area contributed by atoms with Crippen LogP contribution in [0.15, 0.2) is 54.6 Å². The monoisotopic (exact) mass is 365 g/mol. The molecule has 1 N–H and O–H groups in total. The lowest BCUT2D eigenvalue weighted by molar-refractivity contribution is -0.161. The van der Waals surface area contributed by atoms with E-state index in [4.69, 9.17) is 4.74 Å². The van der Waals surface area contributed by atoms with Crippen molar-refractivity contribution in [2.45, 2.75) is 32.6 Å². The number of para-hydroxylation sites is 1. The molecule has 0 saturated heterocycles. The van der Waals surface area contributed by atoms with Gasteiger partial charge in [0.2, 0.25) is 5.91 Å². The molecular weight excluding hydrogens is 342 g/mol. The number of nitrogens with one attached hydrogen (secondary N) is 1. The van der Waals surface area contributed by atoms with Crippen LogP contribution < -0.4 is 5.32 Å². The minimum Gasteiger partial charge on any atom is -0.465 e. The Morgan fingerprint density at radius 1 is 1.07 bits per heavy atom. The van der Waals surface area contributed by atoms with E-state index < -0.39 is 17.3 Å². The molecule has 0 radical (unpaired) electrons. The van der Waals surface area contributed by atoms with E-state index >= 15 is 0 Å².